The Bertz CT molecular complexity index is 514. The molecule has 1 saturated heterocycles. The topological polar surface area (TPSA) is 58.4 Å². The Morgan fingerprint density at radius 2 is 2.05 bits per heavy atom. The fourth-order valence-corrected chi connectivity index (χ4v) is 4.54. The van der Waals surface area contributed by atoms with Gasteiger partial charge in [-0.1, -0.05) is 18.2 Å². The summed E-state index contributed by atoms with van der Waals surface area (Å²) in [5.74, 6) is 0.993. The van der Waals surface area contributed by atoms with Gasteiger partial charge in [-0.2, -0.15) is 0 Å². The molecule has 0 saturated carbocycles. The van der Waals surface area contributed by atoms with Crippen molar-refractivity contribution < 1.29 is 4.79 Å². The lowest BCUT2D eigenvalue weighted by Crippen LogP contribution is -2.46. The van der Waals surface area contributed by atoms with E-state index < -0.39 is 0 Å². The summed E-state index contributed by atoms with van der Waals surface area (Å²) in [6, 6.07) is 9.82. The first-order valence-corrected chi connectivity index (χ1v) is 9.19. The van der Waals surface area contributed by atoms with Crippen molar-refractivity contribution in [3.05, 3.63) is 29.8 Å². The number of likely N-dealkylation sites (tertiary alicyclic amines) is 1. The molecule has 0 aromatic heterocycles. The van der Waals surface area contributed by atoms with E-state index in [1.54, 1.807) is 0 Å². The Kier molecular flexibility index (Phi) is 5.39. The number of benzene rings is 1. The van der Waals surface area contributed by atoms with E-state index in [-0.39, 0.29) is 5.91 Å². The highest BCUT2D eigenvalue weighted by Gasteiger charge is 2.25. The maximum Gasteiger partial charge on any atom is 0.231 e. The quantitative estimate of drug-likeness (QED) is 0.893. The van der Waals surface area contributed by atoms with Crippen LogP contribution in [0.3, 0.4) is 0 Å². The van der Waals surface area contributed by atoms with E-state index in [0.717, 1.165) is 25.9 Å². The van der Waals surface area contributed by atoms with Crippen molar-refractivity contribution in [2.24, 2.45) is 5.73 Å². The minimum absolute atomic E-state index is 0.221. The SMILES string of the molecule is NC(=O)CN1CCC(N[C@H]2CCCSc3ccccc32)CC1. The standard InChI is InChI=1S/C17H25N3OS/c18-17(21)12-20-9-7-13(8-10-20)19-15-5-3-11-22-16-6-2-1-4-14(15)16/h1-2,4,6,13,15,19H,3,5,7-12H2,(H2,18,21)/t15-/m0/s1. The van der Waals surface area contributed by atoms with Crippen LogP contribution in [0.1, 0.15) is 37.3 Å². The summed E-state index contributed by atoms with van der Waals surface area (Å²) in [4.78, 5) is 14.6. The number of thioether (sulfide) groups is 1. The summed E-state index contributed by atoms with van der Waals surface area (Å²) in [6.45, 7) is 2.32. The third kappa shape index (κ3) is 4.03. The molecule has 2 aliphatic rings. The van der Waals surface area contributed by atoms with Crippen molar-refractivity contribution in [1.29, 1.82) is 0 Å². The minimum atomic E-state index is -0.221. The average molecular weight is 319 g/mol. The third-order valence-electron chi connectivity index (χ3n) is 4.59. The molecule has 120 valence electrons. The van der Waals surface area contributed by atoms with Crippen LogP contribution in [0.25, 0.3) is 0 Å². The van der Waals surface area contributed by atoms with Crippen molar-refractivity contribution in [1.82, 2.24) is 10.2 Å². The van der Waals surface area contributed by atoms with Gasteiger partial charge in [0.1, 0.15) is 0 Å². The fraction of sp³-hybridized carbons (Fsp3) is 0.588. The maximum absolute atomic E-state index is 11.0. The first kappa shape index (κ1) is 15.8. The molecule has 5 heteroatoms. The number of rotatable bonds is 4. The van der Waals surface area contributed by atoms with Crippen molar-refractivity contribution in [3.63, 3.8) is 0 Å². The summed E-state index contributed by atoms with van der Waals surface area (Å²) in [7, 11) is 0. The summed E-state index contributed by atoms with van der Waals surface area (Å²) < 4.78 is 0. The Morgan fingerprint density at radius 1 is 1.27 bits per heavy atom. The van der Waals surface area contributed by atoms with E-state index >= 15 is 0 Å². The van der Waals surface area contributed by atoms with Gasteiger partial charge in [-0.15, -0.1) is 11.8 Å². The Balaban J connectivity index is 1.59. The van der Waals surface area contributed by atoms with Crippen LogP contribution in [0.4, 0.5) is 0 Å². The van der Waals surface area contributed by atoms with E-state index in [1.807, 2.05) is 11.8 Å². The van der Waals surface area contributed by atoms with Crippen LogP contribution < -0.4 is 11.1 Å². The van der Waals surface area contributed by atoms with Crippen LogP contribution in [0.15, 0.2) is 29.2 Å². The van der Waals surface area contributed by atoms with Crippen LogP contribution in [0, 0.1) is 0 Å². The molecule has 0 spiro atoms. The van der Waals surface area contributed by atoms with Gasteiger partial charge in [-0.25, -0.2) is 0 Å². The van der Waals surface area contributed by atoms with E-state index in [2.05, 4.69) is 34.5 Å². The molecule has 1 fully saturated rings. The van der Waals surface area contributed by atoms with Crippen molar-refractivity contribution in [2.45, 2.75) is 42.7 Å². The third-order valence-corrected chi connectivity index (χ3v) is 5.77. The first-order chi connectivity index (χ1) is 10.7. The van der Waals surface area contributed by atoms with Gasteiger partial charge < -0.3 is 11.1 Å². The molecule has 1 amide bonds. The molecule has 1 aromatic carbocycles. The van der Waals surface area contributed by atoms with Crippen LogP contribution in [-0.4, -0.2) is 42.2 Å². The molecule has 0 radical (unpaired) electrons. The lowest BCUT2D eigenvalue weighted by molar-refractivity contribution is -0.119. The van der Waals surface area contributed by atoms with E-state index in [1.165, 1.54) is 29.1 Å². The molecule has 0 aliphatic carbocycles. The lowest BCUT2D eigenvalue weighted by Gasteiger charge is -2.34. The number of hydrogen-bond donors (Lipinski definition) is 2. The summed E-state index contributed by atoms with van der Waals surface area (Å²) in [5.41, 5.74) is 6.74. The molecule has 1 atom stereocenters. The zero-order valence-corrected chi connectivity index (χ0v) is 13.8. The Hall–Kier alpha value is -1.04. The monoisotopic (exact) mass is 319 g/mol. The highest BCUT2D eigenvalue weighted by Crippen LogP contribution is 2.35. The van der Waals surface area contributed by atoms with Crippen LogP contribution in [0.2, 0.25) is 0 Å². The maximum atomic E-state index is 11.0. The number of nitrogens with one attached hydrogen (secondary N) is 1. The number of piperidine rings is 1. The van der Waals surface area contributed by atoms with Gasteiger partial charge in [0.2, 0.25) is 5.91 Å². The van der Waals surface area contributed by atoms with Crippen molar-refractivity contribution in [2.75, 3.05) is 25.4 Å². The van der Waals surface area contributed by atoms with Gasteiger partial charge in [0, 0.05) is 30.1 Å². The number of nitrogens with zero attached hydrogens (tertiary/aromatic N) is 1. The molecule has 22 heavy (non-hydrogen) atoms. The first-order valence-electron chi connectivity index (χ1n) is 8.21. The van der Waals surface area contributed by atoms with Gasteiger partial charge >= 0.3 is 0 Å². The van der Waals surface area contributed by atoms with Crippen molar-refractivity contribution in [3.8, 4) is 0 Å². The number of primary amides is 1. The molecule has 2 heterocycles. The van der Waals surface area contributed by atoms with Crippen LogP contribution >= 0.6 is 11.8 Å². The molecular formula is C17H25N3OS. The molecule has 1 aromatic rings. The smallest absolute Gasteiger partial charge is 0.231 e. The van der Waals surface area contributed by atoms with Gasteiger partial charge in [-0.05, 0) is 43.1 Å². The lowest BCUT2D eigenvalue weighted by atomic mass is 9.98. The number of carbonyl (C=O) groups is 1. The summed E-state index contributed by atoms with van der Waals surface area (Å²) >= 11 is 1.98. The number of carbonyl (C=O) groups excluding carboxylic acids is 1. The Morgan fingerprint density at radius 3 is 2.82 bits per heavy atom. The molecule has 3 N–H and O–H groups in total. The average Bonchev–Trinajstić information content (AvgIpc) is 2.71. The molecule has 0 unspecified atom stereocenters. The van der Waals surface area contributed by atoms with E-state index in [4.69, 9.17) is 5.73 Å². The van der Waals surface area contributed by atoms with E-state index in [9.17, 15) is 4.79 Å². The zero-order chi connectivity index (χ0) is 15.4. The summed E-state index contributed by atoms with van der Waals surface area (Å²) in [5, 5.41) is 3.87. The van der Waals surface area contributed by atoms with E-state index in [0.29, 0.717) is 18.6 Å². The number of nitrogens with two attached hydrogens (primary N) is 1. The second kappa shape index (κ2) is 7.49. The van der Waals surface area contributed by atoms with Crippen LogP contribution in [-0.2, 0) is 4.79 Å². The summed E-state index contributed by atoms with van der Waals surface area (Å²) in [6.07, 6.45) is 4.67. The van der Waals surface area contributed by atoms with Gasteiger partial charge in [-0.3, -0.25) is 9.69 Å². The predicted molar refractivity (Wildman–Crippen MR) is 90.9 cm³/mol. The number of amides is 1. The largest absolute Gasteiger partial charge is 0.369 e. The molecular weight excluding hydrogens is 294 g/mol. The highest BCUT2D eigenvalue weighted by molar-refractivity contribution is 7.99. The number of hydrogen-bond acceptors (Lipinski definition) is 4. The minimum Gasteiger partial charge on any atom is -0.369 e. The van der Waals surface area contributed by atoms with Gasteiger partial charge in [0.15, 0.2) is 0 Å². The second-order valence-corrected chi connectivity index (χ2v) is 7.40. The molecule has 4 nitrogen and oxygen atoms in total. The van der Waals surface area contributed by atoms with Crippen LogP contribution in [0.5, 0.6) is 0 Å². The van der Waals surface area contributed by atoms with Crippen molar-refractivity contribution >= 4 is 17.7 Å². The molecule has 3 rings (SSSR count). The second-order valence-electron chi connectivity index (χ2n) is 6.26. The Labute approximate surface area is 136 Å². The highest BCUT2D eigenvalue weighted by atomic mass is 32.2. The normalized spacial score (nSPS) is 23.7. The molecule has 0 bridgehead atoms. The zero-order valence-electron chi connectivity index (χ0n) is 13.0. The van der Waals surface area contributed by atoms with Gasteiger partial charge in [0.05, 0.1) is 6.54 Å². The number of fused-ring (bicyclic) bond motifs is 1. The van der Waals surface area contributed by atoms with Gasteiger partial charge in [0.25, 0.3) is 0 Å². The predicted octanol–water partition coefficient (Wildman–Crippen LogP) is 2.15. The fourth-order valence-electron chi connectivity index (χ4n) is 3.46. The molecule has 2 aliphatic heterocycles.